The van der Waals surface area contributed by atoms with E-state index in [0.29, 0.717) is 6.54 Å². The molecular weight excluding hydrogens is 239 g/mol. The molecule has 6 heteroatoms. The first kappa shape index (κ1) is 10.2. The van der Waals surface area contributed by atoms with E-state index in [1.54, 1.807) is 12.3 Å². The van der Waals surface area contributed by atoms with Gasteiger partial charge in [0.2, 0.25) is 0 Å². The van der Waals surface area contributed by atoms with E-state index in [-0.39, 0.29) is 5.82 Å². The van der Waals surface area contributed by atoms with Crippen LogP contribution in [0.1, 0.15) is 5.56 Å². The highest BCUT2D eigenvalue weighted by molar-refractivity contribution is 7.22. The Balaban J connectivity index is 1.81. The molecule has 0 aliphatic carbocycles. The lowest BCUT2D eigenvalue weighted by Crippen LogP contribution is -1.96. The zero-order valence-electron chi connectivity index (χ0n) is 8.77. The molecule has 2 N–H and O–H groups in total. The number of H-pyrrole nitrogens is 1. The number of hydrogen-bond acceptors (Lipinski definition) is 4. The Labute approximate surface area is 101 Å². The van der Waals surface area contributed by atoms with Gasteiger partial charge in [-0.1, -0.05) is 11.3 Å². The molecule has 3 aromatic rings. The number of aromatic nitrogens is 3. The van der Waals surface area contributed by atoms with Crippen molar-refractivity contribution in [2.75, 3.05) is 5.32 Å². The van der Waals surface area contributed by atoms with Gasteiger partial charge in [0.05, 0.1) is 16.4 Å². The van der Waals surface area contributed by atoms with Crippen LogP contribution in [0.3, 0.4) is 0 Å². The first-order chi connectivity index (χ1) is 8.31. The molecule has 0 aliphatic heterocycles. The molecule has 0 fully saturated rings. The normalized spacial score (nSPS) is 10.9. The number of fused-ring (bicyclic) bond motifs is 1. The SMILES string of the molecule is Fc1ccc2nc(NCc3cn[nH]c3)sc2c1. The minimum Gasteiger partial charge on any atom is -0.357 e. The summed E-state index contributed by atoms with van der Waals surface area (Å²) in [5.74, 6) is -0.234. The van der Waals surface area contributed by atoms with Crippen molar-refractivity contribution in [3.05, 3.63) is 42.0 Å². The Morgan fingerprint density at radius 1 is 1.41 bits per heavy atom. The summed E-state index contributed by atoms with van der Waals surface area (Å²) in [4.78, 5) is 4.36. The van der Waals surface area contributed by atoms with Crippen molar-refractivity contribution in [3.63, 3.8) is 0 Å². The molecular formula is C11H9FN4S. The van der Waals surface area contributed by atoms with Gasteiger partial charge in [-0.25, -0.2) is 9.37 Å². The quantitative estimate of drug-likeness (QED) is 0.749. The summed E-state index contributed by atoms with van der Waals surface area (Å²) in [5, 5.41) is 10.6. The predicted molar refractivity (Wildman–Crippen MR) is 65.5 cm³/mol. The van der Waals surface area contributed by atoms with Gasteiger partial charge in [0.1, 0.15) is 5.82 Å². The number of nitrogens with one attached hydrogen (secondary N) is 2. The van der Waals surface area contributed by atoms with Gasteiger partial charge >= 0.3 is 0 Å². The monoisotopic (exact) mass is 248 g/mol. The fourth-order valence-corrected chi connectivity index (χ4v) is 2.41. The molecule has 0 bridgehead atoms. The lowest BCUT2D eigenvalue weighted by molar-refractivity contribution is 0.630. The van der Waals surface area contributed by atoms with Gasteiger partial charge in [0, 0.05) is 18.3 Å². The first-order valence-electron chi connectivity index (χ1n) is 5.09. The molecule has 0 spiro atoms. The molecule has 2 heterocycles. The molecule has 1 aromatic carbocycles. The molecule has 0 saturated heterocycles. The predicted octanol–water partition coefficient (Wildman–Crippen LogP) is 2.77. The van der Waals surface area contributed by atoms with Crippen LogP contribution in [-0.4, -0.2) is 15.2 Å². The third-order valence-electron chi connectivity index (χ3n) is 2.35. The van der Waals surface area contributed by atoms with Crippen LogP contribution in [0.25, 0.3) is 10.2 Å². The summed E-state index contributed by atoms with van der Waals surface area (Å²) < 4.78 is 13.8. The molecule has 4 nitrogen and oxygen atoms in total. The lowest BCUT2D eigenvalue weighted by Gasteiger charge is -1.97. The van der Waals surface area contributed by atoms with Crippen molar-refractivity contribution in [2.45, 2.75) is 6.54 Å². The lowest BCUT2D eigenvalue weighted by atomic mass is 10.3. The highest BCUT2D eigenvalue weighted by Gasteiger charge is 2.04. The van der Waals surface area contributed by atoms with E-state index in [2.05, 4.69) is 20.5 Å². The van der Waals surface area contributed by atoms with Crippen molar-refractivity contribution in [1.29, 1.82) is 0 Å². The van der Waals surface area contributed by atoms with Gasteiger partial charge in [-0.3, -0.25) is 5.10 Å². The number of thiazole rings is 1. The van der Waals surface area contributed by atoms with E-state index in [4.69, 9.17) is 0 Å². The van der Waals surface area contributed by atoms with Crippen LogP contribution in [-0.2, 0) is 6.54 Å². The highest BCUT2D eigenvalue weighted by atomic mass is 32.1. The summed E-state index contributed by atoms with van der Waals surface area (Å²) in [6.45, 7) is 0.652. The third-order valence-corrected chi connectivity index (χ3v) is 3.32. The number of benzene rings is 1. The Kier molecular flexibility index (Phi) is 2.49. The average Bonchev–Trinajstić information content (AvgIpc) is 2.94. The number of nitrogens with zero attached hydrogens (tertiary/aromatic N) is 2. The van der Waals surface area contributed by atoms with E-state index in [0.717, 1.165) is 20.9 Å². The molecule has 0 saturated carbocycles. The van der Waals surface area contributed by atoms with Gasteiger partial charge in [-0.05, 0) is 18.2 Å². The van der Waals surface area contributed by atoms with Crippen molar-refractivity contribution < 1.29 is 4.39 Å². The van der Waals surface area contributed by atoms with Crippen molar-refractivity contribution >= 4 is 26.7 Å². The smallest absolute Gasteiger partial charge is 0.184 e. The summed E-state index contributed by atoms with van der Waals surface area (Å²) in [6, 6.07) is 4.60. The van der Waals surface area contributed by atoms with E-state index in [1.165, 1.54) is 23.5 Å². The zero-order chi connectivity index (χ0) is 11.7. The van der Waals surface area contributed by atoms with Crippen molar-refractivity contribution in [2.24, 2.45) is 0 Å². The Morgan fingerprint density at radius 3 is 3.18 bits per heavy atom. The second-order valence-corrected chi connectivity index (χ2v) is 4.62. The molecule has 0 radical (unpaired) electrons. The molecule has 0 unspecified atom stereocenters. The Hall–Kier alpha value is -1.95. The molecule has 2 aromatic heterocycles. The minimum atomic E-state index is -0.234. The maximum Gasteiger partial charge on any atom is 0.184 e. The summed E-state index contributed by atoms with van der Waals surface area (Å²) >= 11 is 1.44. The van der Waals surface area contributed by atoms with Gasteiger partial charge in [0.25, 0.3) is 0 Å². The largest absolute Gasteiger partial charge is 0.357 e. The van der Waals surface area contributed by atoms with E-state index < -0.39 is 0 Å². The van der Waals surface area contributed by atoms with Crippen LogP contribution in [0.2, 0.25) is 0 Å². The Bertz CT molecular complexity index is 632. The number of rotatable bonds is 3. The van der Waals surface area contributed by atoms with Crippen LogP contribution >= 0.6 is 11.3 Å². The van der Waals surface area contributed by atoms with E-state index in [9.17, 15) is 4.39 Å². The topological polar surface area (TPSA) is 53.6 Å². The standard InChI is InChI=1S/C11H9FN4S/c12-8-1-2-9-10(3-8)17-11(16-9)13-4-7-5-14-15-6-7/h1-3,5-6H,4H2,(H,13,16)(H,14,15). The molecule has 3 rings (SSSR count). The van der Waals surface area contributed by atoms with Gasteiger partial charge in [0.15, 0.2) is 5.13 Å². The molecule has 86 valence electrons. The number of anilines is 1. The third kappa shape index (κ3) is 2.12. The summed E-state index contributed by atoms with van der Waals surface area (Å²) in [5.41, 5.74) is 1.86. The second kappa shape index (κ2) is 4.14. The van der Waals surface area contributed by atoms with Gasteiger partial charge < -0.3 is 5.32 Å². The average molecular weight is 248 g/mol. The summed E-state index contributed by atoms with van der Waals surface area (Å²) in [6.07, 6.45) is 3.57. The van der Waals surface area contributed by atoms with Crippen LogP contribution < -0.4 is 5.32 Å². The maximum absolute atomic E-state index is 13.0. The van der Waals surface area contributed by atoms with Crippen molar-refractivity contribution in [3.8, 4) is 0 Å². The number of halogens is 1. The fraction of sp³-hybridized carbons (Fsp3) is 0.0909. The molecule has 0 atom stereocenters. The maximum atomic E-state index is 13.0. The van der Waals surface area contributed by atoms with Crippen LogP contribution in [0, 0.1) is 5.82 Å². The first-order valence-corrected chi connectivity index (χ1v) is 5.90. The molecule has 0 aliphatic rings. The number of aromatic amines is 1. The van der Waals surface area contributed by atoms with Gasteiger partial charge in [-0.2, -0.15) is 5.10 Å². The van der Waals surface area contributed by atoms with Crippen molar-refractivity contribution in [1.82, 2.24) is 15.2 Å². The van der Waals surface area contributed by atoms with E-state index >= 15 is 0 Å². The van der Waals surface area contributed by atoms with Crippen LogP contribution in [0.4, 0.5) is 9.52 Å². The van der Waals surface area contributed by atoms with Crippen LogP contribution in [0.5, 0.6) is 0 Å². The van der Waals surface area contributed by atoms with E-state index in [1.807, 2.05) is 6.20 Å². The molecule has 0 amide bonds. The highest BCUT2D eigenvalue weighted by Crippen LogP contribution is 2.26. The number of hydrogen-bond donors (Lipinski definition) is 2. The fourth-order valence-electron chi connectivity index (χ4n) is 1.53. The second-order valence-electron chi connectivity index (χ2n) is 3.59. The van der Waals surface area contributed by atoms with Crippen LogP contribution in [0.15, 0.2) is 30.6 Å². The summed E-state index contributed by atoms with van der Waals surface area (Å²) in [7, 11) is 0. The zero-order valence-corrected chi connectivity index (χ0v) is 9.59. The molecule has 17 heavy (non-hydrogen) atoms. The van der Waals surface area contributed by atoms with Gasteiger partial charge in [-0.15, -0.1) is 0 Å². The minimum absolute atomic E-state index is 0.234. The Morgan fingerprint density at radius 2 is 2.35 bits per heavy atom.